The molecule has 0 unspecified atom stereocenters. The van der Waals surface area contributed by atoms with Crippen LogP contribution in [0.15, 0.2) is 24.4 Å². The molecule has 0 spiro atoms. The van der Waals surface area contributed by atoms with Gasteiger partial charge in [0.05, 0.1) is 30.1 Å². The van der Waals surface area contributed by atoms with E-state index in [0.29, 0.717) is 23.6 Å². The number of hydrogen-bond donors (Lipinski definition) is 2. The summed E-state index contributed by atoms with van der Waals surface area (Å²) >= 11 is 0. The van der Waals surface area contributed by atoms with E-state index in [1.54, 1.807) is 30.9 Å². The van der Waals surface area contributed by atoms with Crippen LogP contribution in [0.2, 0.25) is 0 Å². The van der Waals surface area contributed by atoms with Crippen LogP contribution in [0.5, 0.6) is 0 Å². The highest BCUT2D eigenvalue weighted by atomic mass is 32.2. The minimum atomic E-state index is -3.70. The lowest BCUT2D eigenvalue weighted by atomic mass is 9.97. The molecule has 0 saturated carbocycles. The first-order valence-electron chi connectivity index (χ1n) is 12.1. The molecule has 0 bridgehead atoms. The number of carbonyl (C=O) groups is 2. The van der Waals surface area contributed by atoms with Gasteiger partial charge in [0.2, 0.25) is 15.9 Å². The Balaban J connectivity index is 1.73. The summed E-state index contributed by atoms with van der Waals surface area (Å²) in [6.45, 7) is 7.65. The van der Waals surface area contributed by atoms with E-state index in [4.69, 9.17) is 0 Å². The average Bonchev–Trinajstić information content (AvgIpc) is 3.29. The number of carbonyl (C=O) groups excluding carboxylic acids is 2. The Labute approximate surface area is 206 Å². The fourth-order valence-corrected chi connectivity index (χ4v) is 5.20. The van der Waals surface area contributed by atoms with Gasteiger partial charge in [-0.1, -0.05) is 13.0 Å². The Hall–Kier alpha value is -2.59. The van der Waals surface area contributed by atoms with Gasteiger partial charge in [-0.2, -0.15) is 0 Å². The maximum Gasteiger partial charge on any atom is 0.224 e. The summed E-state index contributed by atoms with van der Waals surface area (Å²) in [6, 6.07) is 3.83. The monoisotopic (exact) mass is 506 g/mol. The van der Waals surface area contributed by atoms with Crippen molar-refractivity contribution in [2.24, 2.45) is 0 Å². The van der Waals surface area contributed by atoms with Gasteiger partial charge in [0.15, 0.2) is 5.78 Å². The quantitative estimate of drug-likeness (QED) is 0.510. The van der Waals surface area contributed by atoms with Gasteiger partial charge in [-0.15, -0.1) is 0 Å². The number of likely N-dealkylation sites (tertiary alicyclic amines) is 1. The number of amides is 1. The number of aryl methyl sites for hydroxylation is 1. The third kappa shape index (κ3) is 6.98. The van der Waals surface area contributed by atoms with Crippen LogP contribution in [0.1, 0.15) is 70.2 Å². The molecule has 3 rings (SSSR count). The van der Waals surface area contributed by atoms with Crippen LogP contribution >= 0.6 is 0 Å². The molecule has 1 aromatic heterocycles. The van der Waals surface area contributed by atoms with Crippen molar-refractivity contribution in [3.63, 3.8) is 0 Å². The second-order valence-electron chi connectivity index (χ2n) is 9.45. The van der Waals surface area contributed by atoms with Crippen LogP contribution in [0.4, 0.5) is 4.39 Å². The molecule has 3 atom stereocenters. The van der Waals surface area contributed by atoms with Crippen LogP contribution in [0.3, 0.4) is 0 Å². The van der Waals surface area contributed by atoms with Crippen LogP contribution in [-0.2, 0) is 19.6 Å². The van der Waals surface area contributed by atoms with E-state index in [1.807, 2.05) is 6.92 Å². The summed E-state index contributed by atoms with van der Waals surface area (Å²) in [6.07, 6.45) is 4.11. The molecule has 1 saturated heterocycles. The number of aromatic nitrogens is 2. The lowest BCUT2D eigenvalue weighted by Gasteiger charge is -2.34. The summed E-state index contributed by atoms with van der Waals surface area (Å²) in [5.41, 5.74) is 1.68. The molecule has 2 heterocycles. The first-order valence-corrected chi connectivity index (χ1v) is 13.8. The normalized spacial score (nSPS) is 18.3. The third-order valence-electron chi connectivity index (χ3n) is 6.58. The van der Waals surface area contributed by atoms with E-state index in [-0.39, 0.29) is 48.1 Å². The third-order valence-corrected chi connectivity index (χ3v) is 7.98. The fraction of sp³-hybridized carbons (Fsp3) is 0.560. The molecule has 1 aliphatic heterocycles. The highest BCUT2D eigenvalue weighted by Crippen LogP contribution is 2.26. The molecule has 1 amide bonds. The van der Waals surface area contributed by atoms with E-state index in [9.17, 15) is 22.4 Å². The minimum absolute atomic E-state index is 0.0247. The van der Waals surface area contributed by atoms with Gasteiger partial charge in [0, 0.05) is 30.5 Å². The maximum atomic E-state index is 14.4. The van der Waals surface area contributed by atoms with E-state index in [0.717, 1.165) is 24.8 Å². The number of piperidine rings is 1. The minimum Gasteiger partial charge on any atom is -0.342 e. The first-order chi connectivity index (χ1) is 16.5. The Morgan fingerprint density at radius 2 is 2.03 bits per heavy atom. The largest absolute Gasteiger partial charge is 0.342 e. The summed E-state index contributed by atoms with van der Waals surface area (Å²) < 4.78 is 41.3. The van der Waals surface area contributed by atoms with E-state index in [2.05, 4.69) is 14.7 Å². The van der Waals surface area contributed by atoms with Crippen molar-refractivity contribution in [1.82, 2.24) is 19.6 Å². The molecule has 1 aliphatic rings. The molecule has 1 aromatic carbocycles. The smallest absolute Gasteiger partial charge is 0.224 e. The predicted molar refractivity (Wildman–Crippen MR) is 133 cm³/mol. The van der Waals surface area contributed by atoms with E-state index in [1.165, 1.54) is 19.2 Å². The van der Waals surface area contributed by atoms with Crippen molar-refractivity contribution >= 4 is 21.7 Å². The average molecular weight is 507 g/mol. The van der Waals surface area contributed by atoms with Crippen LogP contribution in [0.25, 0.3) is 11.3 Å². The lowest BCUT2D eigenvalue weighted by molar-refractivity contribution is -0.137. The lowest BCUT2D eigenvalue weighted by Crippen LogP contribution is -2.48. The topological polar surface area (TPSA) is 112 Å². The van der Waals surface area contributed by atoms with Crippen LogP contribution < -0.4 is 4.72 Å². The number of ketones is 1. The maximum absolute atomic E-state index is 14.4. The predicted octanol–water partition coefficient (Wildman–Crippen LogP) is 3.69. The number of nitrogens with one attached hydrogen (secondary N) is 2. The number of rotatable bonds is 10. The zero-order chi connectivity index (χ0) is 25.8. The SMILES string of the molecule is CCS(=O)(=O)N[C@@H](CC(=O)N1CCCC[C@@H]1C)C(=O)C[C@@H](C)c1ncc(-c2ccc(C)cc2F)[nH]1. The Morgan fingerprint density at radius 3 is 2.69 bits per heavy atom. The molecular formula is C25H35FN4O4S. The van der Waals surface area contributed by atoms with Crippen molar-refractivity contribution in [1.29, 1.82) is 0 Å². The molecule has 192 valence electrons. The van der Waals surface area contributed by atoms with Gasteiger partial charge in [0.25, 0.3) is 0 Å². The van der Waals surface area contributed by atoms with Gasteiger partial charge in [-0.05, 0) is 57.7 Å². The number of nitrogens with zero attached hydrogens (tertiary/aromatic N) is 2. The zero-order valence-corrected chi connectivity index (χ0v) is 21.6. The van der Waals surface area contributed by atoms with Gasteiger partial charge < -0.3 is 9.88 Å². The summed E-state index contributed by atoms with van der Waals surface area (Å²) in [5, 5.41) is 0. The molecule has 0 aliphatic carbocycles. The van der Waals surface area contributed by atoms with Gasteiger partial charge in [-0.25, -0.2) is 22.5 Å². The Kier molecular flexibility index (Phi) is 8.82. The van der Waals surface area contributed by atoms with Crippen molar-refractivity contribution < 1.29 is 22.4 Å². The van der Waals surface area contributed by atoms with Crippen molar-refractivity contribution in [2.45, 2.75) is 77.8 Å². The van der Waals surface area contributed by atoms with E-state index < -0.39 is 16.1 Å². The number of sulfonamides is 1. The molecule has 35 heavy (non-hydrogen) atoms. The number of H-pyrrole nitrogens is 1. The van der Waals surface area contributed by atoms with Crippen LogP contribution in [0, 0.1) is 12.7 Å². The van der Waals surface area contributed by atoms with Gasteiger partial charge >= 0.3 is 0 Å². The fourth-order valence-electron chi connectivity index (χ4n) is 4.39. The number of aromatic amines is 1. The van der Waals surface area contributed by atoms with Crippen molar-refractivity contribution in [3.8, 4) is 11.3 Å². The number of Topliss-reactive ketones (excluding diaryl/α,β-unsaturated/α-hetero) is 1. The highest BCUT2D eigenvalue weighted by molar-refractivity contribution is 7.89. The molecular weight excluding hydrogens is 471 g/mol. The number of hydrogen-bond acceptors (Lipinski definition) is 5. The van der Waals surface area contributed by atoms with Gasteiger partial charge in [-0.3, -0.25) is 9.59 Å². The number of imidazole rings is 1. The summed E-state index contributed by atoms with van der Waals surface area (Å²) in [5.74, 6) is -1.07. The van der Waals surface area contributed by atoms with E-state index >= 15 is 0 Å². The van der Waals surface area contributed by atoms with Crippen molar-refractivity contribution in [2.75, 3.05) is 12.3 Å². The standard InChI is InChI=1S/C25H35FN4O4S/c1-5-35(33,34)29-21(14-24(32)30-11-7-6-8-18(30)4)23(31)13-17(3)25-27-15-22(28-25)19-10-9-16(2)12-20(19)26/h9-10,12,15,17-18,21,29H,5-8,11,13-14H2,1-4H3,(H,27,28)/t17-,18+,21+/m1/s1. The second-order valence-corrected chi connectivity index (χ2v) is 11.5. The molecule has 0 radical (unpaired) electrons. The Bertz CT molecular complexity index is 1160. The van der Waals surface area contributed by atoms with Crippen molar-refractivity contribution in [3.05, 3.63) is 41.6 Å². The molecule has 1 fully saturated rings. The molecule has 10 heteroatoms. The summed E-state index contributed by atoms with van der Waals surface area (Å²) in [4.78, 5) is 35.3. The number of halogens is 1. The highest BCUT2D eigenvalue weighted by Gasteiger charge is 2.31. The molecule has 2 N–H and O–H groups in total. The molecule has 8 nitrogen and oxygen atoms in total. The van der Waals surface area contributed by atoms with Gasteiger partial charge in [0.1, 0.15) is 11.6 Å². The number of benzene rings is 1. The van der Waals surface area contributed by atoms with Crippen LogP contribution in [-0.4, -0.2) is 59.4 Å². The molecule has 2 aromatic rings. The Morgan fingerprint density at radius 1 is 1.29 bits per heavy atom. The zero-order valence-electron chi connectivity index (χ0n) is 20.8. The first kappa shape index (κ1) is 27.0. The summed E-state index contributed by atoms with van der Waals surface area (Å²) in [7, 11) is -3.70. The second kappa shape index (κ2) is 11.4.